The van der Waals surface area contributed by atoms with E-state index in [1.54, 1.807) is 12.1 Å². The van der Waals surface area contributed by atoms with Crippen molar-refractivity contribution in [3.8, 4) is 0 Å². The van der Waals surface area contributed by atoms with Gasteiger partial charge in [-0.2, -0.15) is 0 Å². The minimum Gasteiger partial charge on any atom is -0.351 e. The lowest BCUT2D eigenvalue weighted by molar-refractivity contribution is 0.0947. The van der Waals surface area contributed by atoms with E-state index in [0.717, 1.165) is 53.6 Å². The first-order chi connectivity index (χ1) is 14.0. The second kappa shape index (κ2) is 8.47. The Morgan fingerprint density at radius 1 is 1.10 bits per heavy atom. The van der Waals surface area contributed by atoms with Gasteiger partial charge in [-0.05, 0) is 55.3 Å². The number of nitrogens with one attached hydrogen (secondary N) is 1. The monoisotopic (exact) mass is 412 g/mol. The molecule has 1 aliphatic heterocycles. The first kappa shape index (κ1) is 19.8. The Labute approximate surface area is 174 Å². The van der Waals surface area contributed by atoms with E-state index in [4.69, 9.17) is 0 Å². The number of fused-ring (bicyclic) bond motifs is 1. The summed E-state index contributed by atoms with van der Waals surface area (Å²) in [5.74, 6) is -0.242. The first-order valence-corrected chi connectivity index (χ1v) is 10.7. The van der Waals surface area contributed by atoms with Gasteiger partial charge < -0.3 is 10.2 Å². The van der Waals surface area contributed by atoms with Crippen LogP contribution in [0.2, 0.25) is 0 Å². The Kier molecular flexibility index (Phi) is 5.78. The molecule has 0 unspecified atom stereocenters. The molecule has 4 rings (SSSR count). The van der Waals surface area contributed by atoms with Crippen molar-refractivity contribution in [2.24, 2.45) is 0 Å². The molecule has 1 N–H and O–H groups in total. The highest BCUT2D eigenvalue weighted by Crippen LogP contribution is 2.29. The molecule has 0 radical (unpaired) electrons. The van der Waals surface area contributed by atoms with Crippen LogP contribution in [0, 0.1) is 19.7 Å². The fourth-order valence-corrected chi connectivity index (χ4v) is 4.54. The zero-order valence-corrected chi connectivity index (χ0v) is 17.6. The van der Waals surface area contributed by atoms with E-state index in [9.17, 15) is 9.18 Å². The van der Waals surface area contributed by atoms with Gasteiger partial charge in [0.25, 0.3) is 5.91 Å². The van der Waals surface area contributed by atoms with Crippen LogP contribution in [0.5, 0.6) is 0 Å². The van der Waals surface area contributed by atoms with Crippen molar-refractivity contribution in [3.63, 3.8) is 0 Å². The van der Waals surface area contributed by atoms with Crippen LogP contribution in [-0.4, -0.2) is 55.1 Å². The lowest BCUT2D eigenvalue weighted by Gasteiger charge is -2.34. The molecule has 1 saturated heterocycles. The first-order valence-electron chi connectivity index (χ1n) is 9.88. The summed E-state index contributed by atoms with van der Waals surface area (Å²) in [5, 5.41) is 3.97. The quantitative estimate of drug-likeness (QED) is 0.696. The van der Waals surface area contributed by atoms with Crippen LogP contribution in [0.3, 0.4) is 0 Å². The highest BCUT2D eigenvalue weighted by Gasteiger charge is 2.20. The van der Waals surface area contributed by atoms with Crippen molar-refractivity contribution >= 4 is 32.6 Å². The average molecular weight is 413 g/mol. The predicted molar refractivity (Wildman–Crippen MR) is 116 cm³/mol. The second-order valence-corrected chi connectivity index (χ2v) is 8.50. The summed E-state index contributed by atoms with van der Waals surface area (Å²) in [4.78, 5) is 21.6. The number of hydrogen-bond donors (Lipinski definition) is 1. The fraction of sp³-hybridized carbons (Fsp3) is 0.364. The van der Waals surface area contributed by atoms with Gasteiger partial charge in [0, 0.05) is 44.8 Å². The maximum Gasteiger partial charge on any atom is 0.251 e. The molecule has 3 aromatic rings. The van der Waals surface area contributed by atoms with Crippen molar-refractivity contribution in [1.82, 2.24) is 15.2 Å². The Morgan fingerprint density at radius 3 is 2.66 bits per heavy atom. The van der Waals surface area contributed by atoms with Gasteiger partial charge in [0.1, 0.15) is 5.82 Å². The van der Waals surface area contributed by atoms with Crippen LogP contribution in [0.15, 0.2) is 36.4 Å². The molecule has 1 fully saturated rings. The van der Waals surface area contributed by atoms with E-state index in [1.165, 1.54) is 23.0 Å². The van der Waals surface area contributed by atoms with E-state index in [-0.39, 0.29) is 11.7 Å². The lowest BCUT2D eigenvalue weighted by Crippen LogP contribution is -2.48. The molecule has 2 aromatic carbocycles. The molecule has 7 heteroatoms. The number of carbonyl (C=O) groups is 1. The largest absolute Gasteiger partial charge is 0.351 e. The minimum absolute atomic E-state index is 0.0200. The number of aryl methyl sites for hydroxylation is 2. The average Bonchev–Trinajstić information content (AvgIpc) is 3.13. The van der Waals surface area contributed by atoms with E-state index < -0.39 is 0 Å². The molecule has 152 valence electrons. The molecule has 0 atom stereocenters. The number of amides is 1. The topological polar surface area (TPSA) is 48.5 Å². The molecule has 0 spiro atoms. The molecule has 1 aliphatic rings. The van der Waals surface area contributed by atoms with Gasteiger partial charge >= 0.3 is 0 Å². The standard InChI is InChI=1S/C22H25FN4OS/c1-15-3-4-17(13-16(15)2)21(28)24-7-8-26-9-11-27(12-10-26)22-25-19-6-5-18(23)14-20(19)29-22/h3-6,13-14H,7-12H2,1-2H3,(H,24,28). The minimum atomic E-state index is -0.222. The Balaban J connectivity index is 1.25. The van der Waals surface area contributed by atoms with E-state index >= 15 is 0 Å². The summed E-state index contributed by atoms with van der Waals surface area (Å²) < 4.78 is 14.3. The maximum absolute atomic E-state index is 13.4. The summed E-state index contributed by atoms with van der Waals surface area (Å²) in [7, 11) is 0. The normalized spacial score (nSPS) is 15.1. The molecule has 0 aliphatic carbocycles. The number of hydrogen-bond acceptors (Lipinski definition) is 5. The third-order valence-electron chi connectivity index (χ3n) is 5.46. The lowest BCUT2D eigenvalue weighted by atomic mass is 10.1. The van der Waals surface area contributed by atoms with Gasteiger partial charge in [-0.3, -0.25) is 9.69 Å². The number of thiazole rings is 1. The zero-order chi connectivity index (χ0) is 20.4. The summed E-state index contributed by atoms with van der Waals surface area (Å²) in [6, 6.07) is 10.5. The van der Waals surface area contributed by atoms with E-state index in [0.29, 0.717) is 12.1 Å². The highest BCUT2D eigenvalue weighted by molar-refractivity contribution is 7.22. The maximum atomic E-state index is 13.4. The number of nitrogens with zero attached hydrogens (tertiary/aromatic N) is 3. The van der Waals surface area contributed by atoms with Gasteiger partial charge in [-0.15, -0.1) is 0 Å². The molecule has 0 bridgehead atoms. The number of aromatic nitrogens is 1. The SMILES string of the molecule is Cc1ccc(C(=O)NCCN2CCN(c3nc4ccc(F)cc4s3)CC2)cc1C. The molecule has 2 heterocycles. The van der Waals surface area contributed by atoms with Crippen molar-refractivity contribution in [1.29, 1.82) is 0 Å². The summed E-state index contributed by atoms with van der Waals surface area (Å²) in [6.45, 7) is 9.13. The van der Waals surface area contributed by atoms with Gasteiger partial charge in [0.15, 0.2) is 5.13 Å². The van der Waals surface area contributed by atoms with Crippen LogP contribution in [-0.2, 0) is 0 Å². The van der Waals surface area contributed by atoms with Crippen LogP contribution in [0.25, 0.3) is 10.2 Å². The van der Waals surface area contributed by atoms with Gasteiger partial charge in [0.2, 0.25) is 0 Å². The third-order valence-corrected chi connectivity index (χ3v) is 6.54. The number of halogens is 1. The predicted octanol–water partition coefficient (Wildman–Crippen LogP) is 3.60. The highest BCUT2D eigenvalue weighted by atomic mass is 32.1. The van der Waals surface area contributed by atoms with Gasteiger partial charge in [0.05, 0.1) is 10.2 Å². The second-order valence-electron chi connectivity index (χ2n) is 7.49. The van der Waals surface area contributed by atoms with Crippen LogP contribution < -0.4 is 10.2 Å². The van der Waals surface area contributed by atoms with Crippen molar-refractivity contribution in [2.45, 2.75) is 13.8 Å². The van der Waals surface area contributed by atoms with Crippen molar-refractivity contribution < 1.29 is 9.18 Å². The van der Waals surface area contributed by atoms with Crippen molar-refractivity contribution in [2.75, 3.05) is 44.2 Å². The molecular formula is C22H25FN4OS. The molecular weight excluding hydrogens is 387 g/mol. The molecule has 1 amide bonds. The summed E-state index contributed by atoms with van der Waals surface area (Å²) in [6.07, 6.45) is 0. The Bertz CT molecular complexity index is 1030. The van der Waals surface area contributed by atoms with Gasteiger partial charge in [-0.25, -0.2) is 9.37 Å². The Morgan fingerprint density at radius 2 is 1.90 bits per heavy atom. The molecule has 29 heavy (non-hydrogen) atoms. The molecule has 0 saturated carbocycles. The number of rotatable bonds is 5. The van der Waals surface area contributed by atoms with Crippen molar-refractivity contribution in [3.05, 3.63) is 58.9 Å². The van der Waals surface area contributed by atoms with E-state index in [2.05, 4.69) is 20.1 Å². The number of anilines is 1. The fourth-order valence-electron chi connectivity index (χ4n) is 3.50. The number of piperazine rings is 1. The van der Waals surface area contributed by atoms with Crippen LogP contribution in [0.4, 0.5) is 9.52 Å². The Hall–Kier alpha value is -2.51. The molecule has 5 nitrogen and oxygen atoms in total. The molecule has 1 aromatic heterocycles. The van der Waals surface area contributed by atoms with Crippen LogP contribution >= 0.6 is 11.3 Å². The summed E-state index contributed by atoms with van der Waals surface area (Å²) >= 11 is 1.54. The number of benzene rings is 2. The van der Waals surface area contributed by atoms with Crippen LogP contribution in [0.1, 0.15) is 21.5 Å². The van der Waals surface area contributed by atoms with E-state index in [1.807, 2.05) is 32.0 Å². The zero-order valence-electron chi connectivity index (χ0n) is 16.7. The summed E-state index contributed by atoms with van der Waals surface area (Å²) in [5.41, 5.74) is 3.89. The smallest absolute Gasteiger partial charge is 0.251 e. The third kappa shape index (κ3) is 4.57. The van der Waals surface area contributed by atoms with Gasteiger partial charge in [-0.1, -0.05) is 17.4 Å². The number of carbonyl (C=O) groups excluding carboxylic acids is 1.